The van der Waals surface area contributed by atoms with E-state index in [2.05, 4.69) is 11.8 Å². The van der Waals surface area contributed by atoms with E-state index in [1.165, 1.54) is 12.8 Å². The van der Waals surface area contributed by atoms with Crippen LogP contribution in [0, 0.1) is 0 Å². The van der Waals surface area contributed by atoms with Crippen LogP contribution in [-0.2, 0) is 11.3 Å². The number of hydrogen-bond acceptors (Lipinski definition) is 3. The summed E-state index contributed by atoms with van der Waals surface area (Å²) in [4.78, 5) is 13.2. The highest BCUT2D eigenvalue weighted by Crippen LogP contribution is 2.25. The molecule has 21 heavy (non-hydrogen) atoms. The van der Waals surface area contributed by atoms with E-state index < -0.39 is 5.97 Å². The number of nitrogens with zero attached hydrogens (tertiary/aromatic N) is 1. The summed E-state index contributed by atoms with van der Waals surface area (Å²) in [6.07, 6.45) is 5.62. The molecule has 0 aliphatic heterocycles. The second-order valence-electron chi connectivity index (χ2n) is 5.73. The van der Waals surface area contributed by atoms with E-state index in [0.717, 1.165) is 30.6 Å². The van der Waals surface area contributed by atoms with Gasteiger partial charge in [0, 0.05) is 12.6 Å². The Morgan fingerprint density at radius 1 is 1.38 bits per heavy atom. The zero-order valence-electron chi connectivity index (χ0n) is 12.8. The molecule has 0 unspecified atom stereocenters. The molecule has 0 saturated heterocycles. The van der Waals surface area contributed by atoms with Crippen LogP contribution in [0.4, 0.5) is 0 Å². The molecule has 1 aliphatic carbocycles. The molecule has 0 heterocycles. The van der Waals surface area contributed by atoms with Gasteiger partial charge in [-0.05, 0) is 37.0 Å². The molecule has 0 amide bonds. The first-order chi connectivity index (χ1) is 10.2. The fraction of sp³-hybridized carbons (Fsp3) is 0.588. The number of benzene rings is 1. The summed E-state index contributed by atoms with van der Waals surface area (Å²) in [6.45, 7) is 3.59. The van der Waals surface area contributed by atoms with Crippen molar-refractivity contribution in [1.29, 1.82) is 0 Å². The normalized spacial score (nSPS) is 15.5. The number of carboxylic acid groups (broad SMARTS) is 1. The third-order valence-electron chi connectivity index (χ3n) is 3.94. The molecule has 0 atom stereocenters. The highest BCUT2D eigenvalue weighted by Gasteiger charge is 2.24. The lowest BCUT2D eigenvalue weighted by Crippen LogP contribution is -2.37. The van der Waals surface area contributed by atoms with Gasteiger partial charge in [-0.2, -0.15) is 0 Å². The minimum absolute atomic E-state index is 0.116. The predicted octanol–water partition coefficient (Wildman–Crippen LogP) is 3.30. The molecule has 0 aromatic heterocycles. The first-order valence-electron chi connectivity index (χ1n) is 7.86. The first-order valence-corrected chi connectivity index (χ1v) is 7.86. The minimum atomic E-state index is -0.750. The monoisotopic (exact) mass is 291 g/mol. The second kappa shape index (κ2) is 8.03. The van der Waals surface area contributed by atoms with E-state index in [-0.39, 0.29) is 6.54 Å². The number of carbonyl (C=O) groups is 1. The van der Waals surface area contributed by atoms with Crippen LogP contribution in [0.15, 0.2) is 24.3 Å². The van der Waals surface area contributed by atoms with E-state index in [4.69, 9.17) is 9.84 Å². The van der Waals surface area contributed by atoms with Crippen molar-refractivity contribution in [3.05, 3.63) is 29.8 Å². The first kappa shape index (κ1) is 15.8. The minimum Gasteiger partial charge on any atom is -0.494 e. The lowest BCUT2D eigenvalue weighted by Gasteiger charge is -2.27. The van der Waals surface area contributed by atoms with Crippen LogP contribution in [0.25, 0.3) is 0 Å². The molecule has 1 aromatic carbocycles. The average Bonchev–Trinajstić information content (AvgIpc) is 2.98. The van der Waals surface area contributed by atoms with Crippen molar-refractivity contribution in [1.82, 2.24) is 4.90 Å². The largest absolute Gasteiger partial charge is 0.494 e. The molecule has 1 aliphatic rings. The molecular weight excluding hydrogens is 266 g/mol. The second-order valence-corrected chi connectivity index (χ2v) is 5.73. The third kappa shape index (κ3) is 5.05. The van der Waals surface area contributed by atoms with Gasteiger partial charge in [0.1, 0.15) is 5.75 Å². The van der Waals surface area contributed by atoms with Crippen molar-refractivity contribution in [3.8, 4) is 5.75 Å². The Balaban J connectivity index is 2.02. The SMILES string of the molecule is CCCOc1cccc(CN(CC(=O)O)C2CCCC2)c1. The maximum atomic E-state index is 11.1. The van der Waals surface area contributed by atoms with E-state index in [1.807, 2.05) is 24.3 Å². The molecule has 116 valence electrons. The highest BCUT2D eigenvalue weighted by molar-refractivity contribution is 5.69. The van der Waals surface area contributed by atoms with Gasteiger partial charge in [0.15, 0.2) is 0 Å². The van der Waals surface area contributed by atoms with Gasteiger partial charge in [-0.1, -0.05) is 31.9 Å². The molecule has 4 nitrogen and oxygen atoms in total. The fourth-order valence-electron chi connectivity index (χ4n) is 2.95. The fourth-order valence-corrected chi connectivity index (χ4v) is 2.95. The van der Waals surface area contributed by atoms with Crippen LogP contribution >= 0.6 is 0 Å². The Morgan fingerprint density at radius 2 is 2.14 bits per heavy atom. The van der Waals surface area contributed by atoms with Crippen molar-refractivity contribution in [2.45, 2.75) is 51.6 Å². The number of carboxylic acids is 1. The summed E-state index contributed by atoms with van der Waals surface area (Å²) in [5, 5.41) is 9.13. The standard InChI is InChI=1S/C17H25NO3/c1-2-10-21-16-9-5-6-14(11-16)12-18(13-17(19)20)15-7-3-4-8-15/h5-6,9,11,15H,2-4,7-8,10,12-13H2,1H3,(H,19,20). The van der Waals surface area contributed by atoms with Crippen molar-refractivity contribution in [2.24, 2.45) is 0 Å². The molecule has 1 aromatic rings. The summed E-state index contributed by atoms with van der Waals surface area (Å²) in [5.74, 6) is 0.122. The van der Waals surface area contributed by atoms with Gasteiger partial charge in [0.05, 0.1) is 13.2 Å². The predicted molar refractivity (Wildman–Crippen MR) is 82.5 cm³/mol. The van der Waals surface area contributed by atoms with E-state index in [0.29, 0.717) is 19.2 Å². The zero-order chi connectivity index (χ0) is 15.1. The van der Waals surface area contributed by atoms with Crippen LogP contribution < -0.4 is 4.74 Å². The molecule has 2 rings (SSSR count). The third-order valence-corrected chi connectivity index (χ3v) is 3.94. The topological polar surface area (TPSA) is 49.8 Å². The van der Waals surface area contributed by atoms with Gasteiger partial charge >= 0.3 is 5.97 Å². The molecule has 4 heteroatoms. The Labute approximate surface area is 126 Å². The maximum absolute atomic E-state index is 11.1. The molecule has 1 saturated carbocycles. The van der Waals surface area contributed by atoms with Gasteiger partial charge < -0.3 is 9.84 Å². The summed E-state index contributed by atoms with van der Waals surface area (Å²) >= 11 is 0. The Hall–Kier alpha value is -1.55. The van der Waals surface area contributed by atoms with Crippen molar-refractivity contribution < 1.29 is 14.6 Å². The van der Waals surface area contributed by atoms with Gasteiger partial charge in [0.2, 0.25) is 0 Å². The van der Waals surface area contributed by atoms with Crippen LogP contribution in [0.3, 0.4) is 0 Å². The highest BCUT2D eigenvalue weighted by atomic mass is 16.5. The molecule has 1 N–H and O–H groups in total. The summed E-state index contributed by atoms with van der Waals surface area (Å²) in [6, 6.07) is 8.41. The Kier molecular flexibility index (Phi) is 6.05. The zero-order valence-corrected chi connectivity index (χ0v) is 12.8. The number of rotatable bonds is 8. The van der Waals surface area contributed by atoms with Crippen molar-refractivity contribution >= 4 is 5.97 Å². The smallest absolute Gasteiger partial charge is 0.317 e. The van der Waals surface area contributed by atoms with Crippen molar-refractivity contribution in [2.75, 3.05) is 13.2 Å². The van der Waals surface area contributed by atoms with E-state index >= 15 is 0 Å². The summed E-state index contributed by atoms with van der Waals surface area (Å²) in [5.41, 5.74) is 1.12. The Bertz CT molecular complexity index is 455. The lowest BCUT2D eigenvalue weighted by molar-refractivity contribution is -0.139. The molecular formula is C17H25NO3. The molecule has 0 radical (unpaired) electrons. The number of hydrogen-bond donors (Lipinski definition) is 1. The van der Waals surface area contributed by atoms with Crippen molar-refractivity contribution in [3.63, 3.8) is 0 Å². The molecule has 0 bridgehead atoms. The number of ether oxygens (including phenoxy) is 1. The van der Waals surface area contributed by atoms with Gasteiger partial charge in [-0.15, -0.1) is 0 Å². The van der Waals surface area contributed by atoms with Gasteiger partial charge in [-0.3, -0.25) is 9.69 Å². The summed E-state index contributed by atoms with van der Waals surface area (Å²) in [7, 11) is 0. The van der Waals surface area contributed by atoms with E-state index in [1.54, 1.807) is 0 Å². The quantitative estimate of drug-likeness (QED) is 0.798. The molecule has 0 spiro atoms. The Morgan fingerprint density at radius 3 is 2.81 bits per heavy atom. The summed E-state index contributed by atoms with van der Waals surface area (Å²) < 4.78 is 5.65. The maximum Gasteiger partial charge on any atom is 0.317 e. The van der Waals surface area contributed by atoms with Crippen LogP contribution in [0.2, 0.25) is 0 Å². The van der Waals surface area contributed by atoms with Crippen LogP contribution in [0.1, 0.15) is 44.6 Å². The average molecular weight is 291 g/mol. The van der Waals surface area contributed by atoms with E-state index in [9.17, 15) is 4.79 Å². The number of aliphatic carboxylic acids is 1. The molecule has 1 fully saturated rings. The lowest BCUT2D eigenvalue weighted by atomic mass is 10.1. The van der Waals surface area contributed by atoms with Gasteiger partial charge in [0.25, 0.3) is 0 Å². The van der Waals surface area contributed by atoms with Crippen LogP contribution in [0.5, 0.6) is 5.75 Å². The van der Waals surface area contributed by atoms with Crippen LogP contribution in [-0.4, -0.2) is 35.2 Å². The van der Waals surface area contributed by atoms with Gasteiger partial charge in [-0.25, -0.2) is 0 Å².